The van der Waals surface area contributed by atoms with Crippen molar-refractivity contribution in [2.75, 3.05) is 4.90 Å². The fourth-order valence-electron chi connectivity index (χ4n) is 9.75. The number of thiophene rings is 2. The van der Waals surface area contributed by atoms with Crippen LogP contribution in [0.5, 0.6) is 0 Å². The van der Waals surface area contributed by atoms with Crippen molar-refractivity contribution in [2.24, 2.45) is 0 Å². The van der Waals surface area contributed by atoms with E-state index in [4.69, 9.17) is 0 Å². The van der Waals surface area contributed by atoms with E-state index in [-0.39, 0.29) is 0 Å². The second-order valence-electron chi connectivity index (χ2n) is 16.0. The molecule has 3 heterocycles. The molecule has 0 bridgehead atoms. The van der Waals surface area contributed by atoms with Gasteiger partial charge in [0.15, 0.2) is 0 Å². The lowest BCUT2D eigenvalue weighted by Crippen LogP contribution is -2.11. The number of anilines is 3. The lowest BCUT2D eigenvalue weighted by molar-refractivity contribution is 1.18. The van der Waals surface area contributed by atoms with Crippen molar-refractivity contribution < 1.29 is 0 Å². The van der Waals surface area contributed by atoms with Crippen LogP contribution in [-0.2, 0) is 0 Å². The van der Waals surface area contributed by atoms with E-state index >= 15 is 0 Å². The highest BCUT2D eigenvalue weighted by molar-refractivity contribution is 7.26. The molecule has 10 aromatic carbocycles. The molecule has 0 aliphatic heterocycles. The Kier molecular flexibility index (Phi) is 7.99. The van der Waals surface area contributed by atoms with Gasteiger partial charge in [0.1, 0.15) is 0 Å². The number of benzene rings is 10. The standard InChI is InChI=1S/C58H36N2S2/c1-2-14-39-35-43(32-27-37(39)13-1)59(41-30-28-38(29-31-41)44-21-12-22-49-47-19-5-9-25-54(47)61-57(44)49)53-34-33-50-48-20-6-10-26-55(48)62-58(50)56(53)40-15-11-16-42(36-40)60-51-23-7-3-17-45(51)46-18-4-8-24-52(46)60/h1-36H. The van der Waals surface area contributed by atoms with Crippen molar-refractivity contribution in [3.8, 4) is 27.9 Å². The zero-order valence-corrected chi connectivity index (χ0v) is 35.1. The normalized spacial score (nSPS) is 11.9. The van der Waals surface area contributed by atoms with E-state index in [1.807, 2.05) is 22.7 Å². The molecule has 62 heavy (non-hydrogen) atoms. The lowest BCUT2D eigenvalue weighted by atomic mass is 9.97. The summed E-state index contributed by atoms with van der Waals surface area (Å²) in [5.74, 6) is 0. The Morgan fingerprint density at radius 1 is 0.355 bits per heavy atom. The highest BCUT2D eigenvalue weighted by atomic mass is 32.1. The van der Waals surface area contributed by atoms with Gasteiger partial charge in [-0.15, -0.1) is 22.7 Å². The average Bonchev–Trinajstić information content (AvgIpc) is 4.02. The first-order valence-corrected chi connectivity index (χ1v) is 22.7. The Morgan fingerprint density at radius 2 is 0.935 bits per heavy atom. The van der Waals surface area contributed by atoms with Gasteiger partial charge >= 0.3 is 0 Å². The van der Waals surface area contributed by atoms with Crippen LogP contribution in [0.25, 0.3) is 101 Å². The molecule has 4 heteroatoms. The van der Waals surface area contributed by atoms with E-state index in [1.54, 1.807) is 0 Å². The second-order valence-corrected chi connectivity index (χ2v) is 18.2. The second kappa shape index (κ2) is 14.0. The first-order chi connectivity index (χ1) is 30.7. The fourth-order valence-corrected chi connectivity index (χ4v) is 12.3. The van der Waals surface area contributed by atoms with Crippen LogP contribution in [0.4, 0.5) is 17.1 Å². The summed E-state index contributed by atoms with van der Waals surface area (Å²) in [6, 6.07) is 80.5. The molecule has 0 radical (unpaired) electrons. The van der Waals surface area contributed by atoms with Crippen LogP contribution in [0.1, 0.15) is 0 Å². The molecule has 0 spiro atoms. The number of hydrogen-bond acceptors (Lipinski definition) is 3. The van der Waals surface area contributed by atoms with Crippen LogP contribution in [-0.4, -0.2) is 4.57 Å². The monoisotopic (exact) mass is 824 g/mol. The minimum atomic E-state index is 1.10. The third-order valence-electron chi connectivity index (χ3n) is 12.6. The summed E-state index contributed by atoms with van der Waals surface area (Å²) in [7, 11) is 0. The summed E-state index contributed by atoms with van der Waals surface area (Å²) in [5.41, 5.74) is 11.8. The number of para-hydroxylation sites is 2. The Labute approximate surface area is 366 Å². The van der Waals surface area contributed by atoms with Crippen LogP contribution < -0.4 is 4.90 Å². The van der Waals surface area contributed by atoms with Crippen LogP contribution in [0.15, 0.2) is 218 Å². The summed E-state index contributed by atoms with van der Waals surface area (Å²) < 4.78 is 7.64. The molecule has 290 valence electrons. The van der Waals surface area contributed by atoms with Crippen molar-refractivity contribution in [1.82, 2.24) is 4.57 Å². The molecule has 0 fully saturated rings. The molecule has 13 aromatic rings. The van der Waals surface area contributed by atoms with Crippen molar-refractivity contribution in [1.29, 1.82) is 0 Å². The van der Waals surface area contributed by atoms with Gasteiger partial charge in [0.2, 0.25) is 0 Å². The molecule has 0 amide bonds. The van der Waals surface area contributed by atoms with E-state index in [2.05, 4.69) is 228 Å². The predicted octanol–water partition coefficient (Wildman–Crippen LogP) is 17.5. The quantitative estimate of drug-likeness (QED) is 0.162. The summed E-state index contributed by atoms with van der Waals surface area (Å²) in [4.78, 5) is 2.47. The molecule has 0 aliphatic rings. The van der Waals surface area contributed by atoms with Crippen molar-refractivity contribution in [2.45, 2.75) is 0 Å². The van der Waals surface area contributed by atoms with Gasteiger partial charge in [-0.3, -0.25) is 0 Å². The lowest BCUT2D eigenvalue weighted by Gasteiger charge is -2.29. The third kappa shape index (κ3) is 5.47. The van der Waals surface area contributed by atoms with Gasteiger partial charge in [0, 0.05) is 73.7 Å². The highest BCUT2D eigenvalue weighted by Crippen LogP contribution is 2.50. The van der Waals surface area contributed by atoms with E-state index in [0.29, 0.717) is 0 Å². The van der Waals surface area contributed by atoms with E-state index in [9.17, 15) is 0 Å². The molecule has 0 unspecified atom stereocenters. The van der Waals surface area contributed by atoms with Crippen LogP contribution in [0.3, 0.4) is 0 Å². The molecule has 0 aliphatic carbocycles. The molecule has 0 atom stereocenters. The Hall–Kier alpha value is -7.50. The van der Waals surface area contributed by atoms with Gasteiger partial charge in [0.05, 0.1) is 16.7 Å². The number of aromatic nitrogens is 1. The Bertz CT molecular complexity index is 3830. The van der Waals surface area contributed by atoms with Crippen LogP contribution >= 0.6 is 22.7 Å². The SMILES string of the molecule is c1cc(-c2c(N(c3ccc(-c4cccc5c4sc4ccccc45)cc3)c3ccc4ccccc4c3)ccc3c2sc2ccccc23)cc(-n2c3ccccc3c3ccccc32)c1. The molecule has 0 saturated heterocycles. The zero-order valence-electron chi connectivity index (χ0n) is 33.5. The van der Waals surface area contributed by atoms with Gasteiger partial charge in [-0.25, -0.2) is 0 Å². The minimum Gasteiger partial charge on any atom is -0.310 e. The van der Waals surface area contributed by atoms with Gasteiger partial charge in [-0.2, -0.15) is 0 Å². The number of fused-ring (bicyclic) bond motifs is 10. The van der Waals surface area contributed by atoms with Crippen molar-refractivity contribution in [3.63, 3.8) is 0 Å². The van der Waals surface area contributed by atoms with E-state index in [0.717, 1.165) is 22.7 Å². The fraction of sp³-hybridized carbons (Fsp3) is 0. The molecule has 2 nitrogen and oxygen atoms in total. The first-order valence-electron chi connectivity index (χ1n) is 21.1. The zero-order chi connectivity index (χ0) is 40.7. The molecule has 3 aromatic heterocycles. The molecule has 0 saturated carbocycles. The van der Waals surface area contributed by atoms with E-state index in [1.165, 1.54) is 95.2 Å². The van der Waals surface area contributed by atoms with Crippen molar-refractivity contribution >= 4 is 113 Å². The summed E-state index contributed by atoms with van der Waals surface area (Å²) >= 11 is 3.77. The third-order valence-corrected chi connectivity index (χ3v) is 15.0. The molecule has 0 N–H and O–H groups in total. The van der Waals surface area contributed by atoms with E-state index < -0.39 is 0 Å². The number of rotatable bonds is 6. The molecular weight excluding hydrogens is 789 g/mol. The van der Waals surface area contributed by atoms with Gasteiger partial charge in [-0.1, -0.05) is 152 Å². The molecular formula is C58H36N2S2. The number of hydrogen-bond donors (Lipinski definition) is 0. The largest absolute Gasteiger partial charge is 0.310 e. The van der Waals surface area contributed by atoms with Gasteiger partial charge in [-0.05, 0) is 94.2 Å². The maximum absolute atomic E-state index is 2.47. The Morgan fingerprint density at radius 3 is 1.68 bits per heavy atom. The van der Waals surface area contributed by atoms with Crippen LogP contribution in [0, 0.1) is 0 Å². The smallest absolute Gasteiger partial charge is 0.0554 e. The summed E-state index contributed by atoms with van der Waals surface area (Å²) in [5, 5.41) is 10.1. The molecule has 13 rings (SSSR count). The van der Waals surface area contributed by atoms with Crippen LogP contribution in [0.2, 0.25) is 0 Å². The highest BCUT2D eigenvalue weighted by Gasteiger charge is 2.23. The maximum atomic E-state index is 2.47. The minimum absolute atomic E-state index is 1.10. The average molecular weight is 825 g/mol. The topological polar surface area (TPSA) is 8.17 Å². The summed E-state index contributed by atoms with van der Waals surface area (Å²) in [6.07, 6.45) is 0. The van der Waals surface area contributed by atoms with Gasteiger partial charge < -0.3 is 9.47 Å². The van der Waals surface area contributed by atoms with Gasteiger partial charge in [0.25, 0.3) is 0 Å². The predicted molar refractivity (Wildman–Crippen MR) is 270 cm³/mol. The number of nitrogens with zero attached hydrogens (tertiary/aromatic N) is 2. The van der Waals surface area contributed by atoms with Crippen molar-refractivity contribution in [3.05, 3.63) is 218 Å². The first kappa shape index (κ1) is 35.3. The maximum Gasteiger partial charge on any atom is 0.0554 e. The Balaban J connectivity index is 1.05. The summed E-state index contributed by atoms with van der Waals surface area (Å²) in [6.45, 7) is 0.